The van der Waals surface area contributed by atoms with E-state index in [1.807, 2.05) is 6.26 Å². The van der Waals surface area contributed by atoms with Gasteiger partial charge in [-0.05, 0) is 52.7 Å². The molecule has 0 radical (unpaired) electrons. The van der Waals surface area contributed by atoms with Gasteiger partial charge in [0.1, 0.15) is 0 Å². The minimum Gasteiger partial charge on any atom is -0.457 e. The lowest BCUT2D eigenvalue weighted by molar-refractivity contribution is 0.470. The van der Waals surface area contributed by atoms with Crippen molar-refractivity contribution in [2.24, 2.45) is 5.92 Å². The summed E-state index contributed by atoms with van der Waals surface area (Å²) < 4.78 is 6.12. The van der Waals surface area contributed by atoms with E-state index < -0.39 is 0 Å². The van der Waals surface area contributed by atoms with Crippen LogP contribution in [0.25, 0.3) is 0 Å². The largest absolute Gasteiger partial charge is 0.457 e. The molecule has 1 fully saturated rings. The van der Waals surface area contributed by atoms with Crippen LogP contribution in [0.4, 0.5) is 0 Å². The molecule has 15 heavy (non-hydrogen) atoms. The van der Waals surface area contributed by atoms with Gasteiger partial charge in [0, 0.05) is 4.83 Å². The summed E-state index contributed by atoms with van der Waals surface area (Å²) in [5, 5.41) is 0. The SMILES string of the molecule is Brc1cc(CC2CCCCCC2Br)co1. The van der Waals surface area contributed by atoms with Crippen LogP contribution in [0.2, 0.25) is 0 Å². The second kappa shape index (κ2) is 5.53. The summed E-state index contributed by atoms with van der Waals surface area (Å²) in [6.45, 7) is 0. The van der Waals surface area contributed by atoms with Crippen LogP contribution in [0.15, 0.2) is 21.4 Å². The number of hydrogen-bond donors (Lipinski definition) is 0. The highest BCUT2D eigenvalue weighted by molar-refractivity contribution is 9.10. The lowest BCUT2D eigenvalue weighted by atomic mass is 9.94. The Morgan fingerprint density at radius 2 is 2.07 bits per heavy atom. The average molecular weight is 336 g/mol. The second-order valence-corrected chi connectivity index (χ2v) is 6.33. The Hall–Kier alpha value is 0.240. The number of halogens is 2. The van der Waals surface area contributed by atoms with Gasteiger partial charge in [0.05, 0.1) is 6.26 Å². The smallest absolute Gasteiger partial charge is 0.169 e. The molecule has 1 aliphatic rings. The zero-order valence-electron chi connectivity index (χ0n) is 8.72. The highest BCUT2D eigenvalue weighted by Gasteiger charge is 2.21. The van der Waals surface area contributed by atoms with Crippen LogP contribution >= 0.6 is 31.9 Å². The van der Waals surface area contributed by atoms with E-state index >= 15 is 0 Å². The van der Waals surface area contributed by atoms with Crippen molar-refractivity contribution in [1.82, 2.24) is 0 Å². The molecule has 0 aliphatic heterocycles. The molecule has 0 spiro atoms. The van der Waals surface area contributed by atoms with E-state index in [1.165, 1.54) is 37.7 Å². The number of hydrogen-bond acceptors (Lipinski definition) is 1. The van der Waals surface area contributed by atoms with Crippen LogP contribution in [0.1, 0.15) is 37.7 Å². The Kier molecular flexibility index (Phi) is 4.32. The van der Waals surface area contributed by atoms with Gasteiger partial charge in [-0.3, -0.25) is 0 Å². The maximum atomic E-state index is 5.27. The third-order valence-electron chi connectivity index (χ3n) is 3.19. The molecule has 1 saturated carbocycles. The van der Waals surface area contributed by atoms with Gasteiger partial charge in [0.15, 0.2) is 4.67 Å². The minimum atomic E-state index is 0.689. The van der Waals surface area contributed by atoms with Crippen LogP contribution in [0.3, 0.4) is 0 Å². The van der Waals surface area contributed by atoms with Crippen molar-refractivity contribution in [3.8, 4) is 0 Å². The molecule has 0 N–H and O–H groups in total. The van der Waals surface area contributed by atoms with Crippen LogP contribution in [-0.4, -0.2) is 4.83 Å². The third kappa shape index (κ3) is 3.35. The van der Waals surface area contributed by atoms with E-state index in [0.717, 1.165) is 17.0 Å². The Balaban J connectivity index is 1.97. The zero-order chi connectivity index (χ0) is 10.7. The van der Waals surface area contributed by atoms with E-state index in [1.54, 1.807) is 0 Å². The van der Waals surface area contributed by atoms with Crippen LogP contribution in [-0.2, 0) is 6.42 Å². The fourth-order valence-electron chi connectivity index (χ4n) is 2.32. The molecule has 1 heterocycles. The molecule has 1 aromatic rings. The quantitative estimate of drug-likeness (QED) is 0.551. The molecule has 0 amide bonds. The van der Waals surface area contributed by atoms with Gasteiger partial charge in [-0.2, -0.15) is 0 Å². The number of alkyl halides is 1. The second-order valence-electron chi connectivity index (χ2n) is 4.38. The summed E-state index contributed by atoms with van der Waals surface area (Å²) in [6, 6.07) is 2.09. The van der Waals surface area contributed by atoms with E-state index in [2.05, 4.69) is 37.9 Å². The predicted octanol–water partition coefficient (Wildman–Crippen LogP) is 4.93. The highest BCUT2D eigenvalue weighted by Crippen LogP contribution is 2.32. The minimum absolute atomic E-state index is 0.689. The van der Waals surface area contributed by atoms with Gasteiger partial charge in [0.25, 0.3) is 0 Å². The van der Waals surface area contributed by atoms with E-state index in [9.17, 15) is 0 Å². The lowest BCUT2D eigenvalue weighted by Crippen LogP contribution is -2.15. The molecule has 3 heteroatoms. The number of furan rings is 1. The normalized spacial score (nSPS) is 27.6. The Labute approximate surface area is 108 Å². The van der Waals surface area contributed by atoms with Gasteiger partial charge >= 0.3 is 0 Å². The monoisotopic (exact) mass is 334 g/mol. The summed E-state index contributed by atoms with van der Waals surface area (Å²) in [5.74, 6) is 0.775. The summed E-state index contributed by atoms with van der Waals surface area (Å²) in [7, 11) is 0. The summed E-state index contributed by atoms with van der Waals surface area (Å²) >= 11 is 7.18. The van der Waals surface area contributed by atoms with Crippen molar-refractivity contribution in [2.45, 2.75) is 43.4 Å². The summed E-state index contributed by atoms with van der Waals surface area (Å²) in [5.41, 5.74) is 1.32. The van der Waals surface area contributed by atoms with Crippen molar-refractivity contribution >= 4 is 31.9 Å². The van der Waals surface area contributed by atoms with E-state index in [-0.39, 0.29) is 0 Å². The summed E-state index contributed by atoms with van der Waals surface area (Å²) in [4.78, 5) is 0.689. The van der Waals surface area contributed by atoms with Crippen LogP contribution < -0.4 is 0 Å². The zero-order valence-corrected chi connectivity index (χ0v) is 11.9. The molecule has 0 bridgehead atoms. The van der Waals surface area contributed by atoms with E-state index in [0.29, 0.717) is 4.83 Å². The first kappa shape index (κ1) is 11.7. The first-order chi connectivity index (χ1) is 7.25. The molecule has 2 atom stereocenters. The molecular weight excluding hydrogens is 320 g/mol. The molecule has 2 rings (SSSR count). The van der Waals surface area contributed by atoms with Crippen molar-refractivity contribution in [1.29, 1.82) is 0 Å². The molecule has 1 aromatic heterocycles. The molecule has 2 unspecified atom stereocenters. The Morgan fingerprint density at radius 3 is 2.80 bits per heavy atom. The van der Waals surface area contributed by atoms with Gasteiger partial charge in [-0.15, -0.1) is 0 Å². The van der Waals surface area contributed by atoms with Crippen molar-refractivity contribution < 1.29 is 4.42 Å². The third-order valence-corrected chi connectivity index (χ3v) is 4.81. The molecule has 84 valence electrons. The van der Waals surface area contributed by atoms with Gasteiger partial charge in [-0.25, -0.2) is 0 Å². The Morgan fingerprint density at radius 1 is 1.27 bits per heavy atom. The molecule has 0 saturated heterocycles. The maximum absolute atomic E-state index is 5.27. The van der Waals surface area contributed by atoms with E-state index in [4.69, 9.17) is 4.42 Å². The molecule has 0 aromatic carbocycles. The van der Waals surface area contributed by atoms with Gasteiger partial charge < -0.3 is 4.42 Å². The Bertz CT molecular complexity index is 308. The van der Waals surface area contributed by atoms with Gasteiger partial charge in [-0.1, -0.05) is 35.2 Å². The average Bonchev–Trinajstić information content (AvgIpc) is 2.50. The topological polar surface area (TPSA) is 13.1 Å². The highest BCUT2D eigenvalue weighted by atomic mass is 79.9. The lowest BCUT2D eigenvalue weighted by Gasteiger charge is -2.18. The maximum Gasteiger partial charge on any atom is 0.169 e. The van der Waals surface area contributed by atoms with Crippen molar-refractivity contribution in [3.05, 3.63) is 22.6 Å². The molecule has 1 aliphatic carbocycles. The fraction of sp³-hybridized carbons (Fsp3) is 0.667. The fourth-order valence-corrected chi connectivity index (χ4v) is 3.49. The number of rotatable bonds is 2. The van der Waals surface area contributed by atoms with Crippen LogP contribution in [0, 0.1) is 5.92 Å². The molecular formula is C12H16Br2O. The standard InChI is InChI=1S/C12H16Br2O/c13-11-5-3-1-2-4-10(11)6-9-7-12(14)15-8-9/h7-8,10-11H,1-6H2. The first-order valence-corrected chi connectivity index (χ1v) is 7.33. The first-order valence-electron chi connectivity index (χ1n) is 5.62. The van der Waals surface area contributed by atoms with Crippen molar-refractivity contribution in [2.75, 3.05) is 0 Å². The molecule has 1 nitrogen and oxygen atoms in total. The van der Waals surface area contributed by atoms with Crippen LogP contribution in [0.5, 0.6) is 0 Å². The van der Waals surface area contributed by atoms with Gasteiger partial charge in [0.2, 0.25) is 0 Å². The predicted molar refractivity (Wildman–Crippen MR) is 69.4 cm³/mol. The van der Waals surface area contributed by atoms with Crippen molar-refractivity contribution in [3.63, 3.8) is 0 Å². The summed E-state index contributed by atoms with van der Waals surface area (Å²) in [6.07, 6.45) is 9.84.